The maximum Gasteiger partial charge on any atom is 0.490 e. The number of carboxylic acids is 3. The Kier molecular flexibility index (Phi) is 13.1. The standard InChI is InChI=1S/C17H21N5.3C2HF3O2/c1-13-4-5-17(20-19-13)22-10-7-15-16(22)6-9-21(15)12-14-3-2-8-18-11-14;3*3-2(4,5)1(6)7/h2-5,8,11,15-16H,6-7,9-10,12H2,1H3;3*(H,6,7)/t15-,16+;;;/m1.../s1. The quantitative estimate of drug-likeness (QED) is 0.419. The van der Waals surface area contributed by atoms with E-state index >= 15 is 0 Å². The third-order valence-corrected chi connectivity index (χ3v) is 5.61. The molecule has 0 aliphatic carbocycles. The van der Waals surface area contributed by atoms with Crippen LogP contribution < -0.4 is 4.90 Å². The molecule has 0 unspecified atom stereocenters. The molecule has 4 rings (SSSR count). The minimum absolute atomic E-state index is 0.577. The van der Waals surface area contributed by atoms with Crippen LogP contribution in [0.4, 0.5) is 45.3 Å². The number of anilines is 1. The van der Waals surface area contributed by atoms with Crippen LogP contribution >= 0.6 is 0 Å². The zero-order valence-electron chi connectivity index (χ0n) is 21.9. The lowest BCUT2D eigenvalue weighted by Gasteiger charge is -2.26. The fraction of sp³-hybridized carbons (Fsp3) is 0.478. The minimum Gasteiger partial charge on any atom is -0.475 e. The zero-order chi connectivity index (χ0) is 33.2. The molecule has 4 heterocycles. The molecule has 2 saturated heterocycles. The van der Waals surface area contributed by atoms with Gasteiger partial charge in [0.05, 0.1) is 5.69 Å². The molecule has 0 aromatic carbocycles. The van der Waals surface area contributed by atoms with Crippen molar-refractivity contribution >= 4 is 23.7 Å². The van der Waals surface area contributed by atoms with Crippen LogP contribution in [0.1, 0.15) is 24.1 Å². The molecule has 43 heavy (non-hydrogen) atoms. The van der Waals surface area contributed by atoms with Crippen LogP contribution in [0.3, 0.4) is 0 Å². The Balaban J connectivity index is 0.000000363. The third kappa shape index (κ3) is 12.7. The average molecular weight is 637 g/mol. The van der Waals surface area contributed by atoms with Crippen LogP contribution in [0.2, 0.25) is 0 Å². The normalized spacial score (nSPS) is 18.1. The number of carbonyl (C=O) groups is 3. The molecule has 20 heteroatoms. The number of rotatable bonds is 3. The van der Waals surface area contributed by atoms with Gasteiger partial charge in [0, 0.05) is 44.1 Å². The number of hydrogen-bond donors (Lipinski definition) is 3. The van der Waals surface area contributed by atoms with Gasteiger partial charge in [-0.1, -0.05) is 6.07 Å². The molecular weight excluding hydrogens is 613 g/mol. The molecule has 2 aliphatic heterocycles. The summed E-state index contributed by atoms with van der Waals surface area (Å²) in [5.41, 5.74) is 2.28. The lowest BCUT2D eigenvalue weighted by Crippen LogP contribution is -2.36. The summed E-state index contributed by atoms with van der Waals surface area (Å²) in [5.74, 6) is -7.24. The number of aromatic nitrogens is 3. The number of aryl methyl sites for hydroxylation is 1. The number of nitrogens with zero attached hydrogens (tertiary/aromatic N) is 5. The lowest BCUT2D eigenvalue weighted by molar-refractivity contribution is -0.193. The van der Waals surface area contributed by atoms with E-state index in [-0.39, 0.29) is 0 Å². The Morgan fingerprint density at radius 2 is 1.28 bits per heavy atom. The minimum atomic E-state index is -5.08. The van der Waals surface area contributed by atoms with E-state index in [0.717, 1.165) is 31.1 Å². The second-order valence-electron chi connectivity index (χ2n) is 8.68. The summed E-state index contributed by atoms with van der Waals surface area (Å²) in [4.78, 5) is 36.0. The molecule has 2 aromatic rings. The topological polar surface area (TPSA) is 157 Å². The molecule has 3 N–H and O–H groups in total. The Morgan fingerprint density at radius 1 is 0.791 bits per heavy atom. The van der Waals surface area contributed by atoms with Gasteiger partial charge in [-0.15, -0.1) is 5.10 Å². The molecule has 0 radical (unpaired) electrons. The van der Waals surface area contributed by atoms with Crippen LogP contribution in [-0.2, 0) is 20.9 Å². The number of carboxylic acid groups (broad SMARTS) is 3. The van der Waals surface area contributed by atoms with E-state index in [9.17, 15) is 39.5 Å². The van der Waals surface area contributed by atoms with Crippen molar-refractivity contribution in [3.8, 4) is 0 Å². The summed E-state index contributed by atoms with van der Waals surface area (Å²) < 4.78 is 95.2. The predicted molar refractivity (Wildman–Crippen MR) is 127 cm³/mol. The number of pyridine rings is 1. The number of hydrogen-bond acceptors (Lipinski definition) is 8. The molecular formula is C23H24F9N5O6. The van der Waals surface area contributed by atoms with Gasteiger partial charge >= 0.3 is 36.4 Å². The number of likely N-dealkylation sites (tertiary alicyclic amines) is 1. The van der Waals surface area contributed by atoms with Crippen molar-refractivity contribution in [2.75, 3.05) is 18.0 Å². The first-order valence-corrected chi connectivity index (χ1v) is 11.7. The van der Waals surface area contributed by atoms with Crippen LogP contribution in [0, 0.1) is 6.92 Å². The number of fused-ring (bicyclic) bond motifs is 1. The molecule has 2 aliphatic rings. The van der Waals surface area contributed by atoms with Crippen LogP contribution in [0.25, 0.3) is 0 Å². The highest BCUT2D eigenvalue weighted by atomic mass is 19.4. The predicted octanol–water partition coefficient (Wildman–Crippen LogP) is 3.93. The van der Waals surface area contributed by atoms with E-state index in [1.54, 1.807) is 0 Å². The number of halogens is 9. The maximum absolute atomic E-state index is 10.6. The van der Waals surface area contributed by atoms with E-state index in [4.69, 9.17) is 29.7 Å². The highest BCUT2D eigenvalue weighted by molar-refractivity contribution is 5.73. The van der Waals surface area contributed by atoms with E-state index in [0.29, 0.717) is 12.1 Å². The van der Waals surface area contributed by atoms with Gasteiger partial charge in [0.25, 0.3) is 0 Å². The van der Waals surface area contributed by atoms with Gasteiger partial charge in [-0.05, 0) is 43.5 Å². The third-order valence-electron chi connectivity index (χ3n) is 5.61. The molecule has 2 aromatic heterocycles. The van der Waals surface area contributed by atoms with Gasteiger partial charge < -0.3 is 20.2 Å². The summed E-state index contributed by atoms with van der Waals surface area (Å²) in [6, 6.07) is 9.55. The summed E-state index contributed by atoms with van der Waals surface area (Å²) in [7, 11) is 0. The highest BCUT2D eigenvalue weighted by Crippen LogP contribution is 2.34. The first-order chi connectivity index (χ1) is 19.6. The maximum atomic E-state index is 10.6. The molecule has 240 valence electrons. The molecule has 11 nitrogen and oxygen atoms in total. The summed E-state index contributed by atoms with van der Waals surface area (Å²) in [5, 5.41) is 30.0. The summed E-state index contributed by atoms with van der Waals surface area (Å²) in [6.45, 7) is 5.22. The Hall–Kier alpha value is -4.23. The number of aliphatic carboxylic acids is 3. The highest BCUT2D eigenvalue weighted by Gasteiger charge is 2.43. The van der Waals surface area contributed by atoms with E-state index in [1.807, 2.05) is 25.4 Å². The fourth-order valence-corrected chi connectivity index (χ4v) is 3.83. The molecule has 0 bridgehead atoms. The van der Waals surface area contributed by atoms with E-state index in [1.165, 1.54) is 18.4 Å². The van der Waals surface area contributed by atoms with Crippen molar-refractivity contribution < 1.29 is 69.2 Å². The molecule has 0 amide bonds. The van der Waals surface area contributed by atoms with Crippen molar-refractivity contribution in [2.45, 2.75) is 56.9 Å². The van der Waals surface area contributed by atoms with Crippen molar-refractivity contribution in [1.29, 1.82) is 0 Å². The van der Waals surface area contributed by atoms with Crippen LogP contribution in [0.5, 0.6) is 0 Å². The smallest absolute Gasteiger partial charge is 0.475 e. The van der Waals surface area contributed by atoms with Gasteiger partial charge in [0.2, 0.25) is 0 Å². The zero-order valence-corrected chi connectivity index (χ0v) is 21.9. The molecule has 2 atom stereocenters. The average Bonchev–Trinajstić information content (AvgIpc) is 3.48. The van der Waals surface area contributed by atoms with Crippen LogP contribution in [0.15, 0.2) is 36.7 Å². The molecule has 0 saturated carbocycles. The van der Waals surface area contributed by atoms with Gasteiger partial charge in [0.15, 0.2) is 5.82 Å². The van der Waals surface area contributed by atoms with Gasteiger partial charge in [-0.3, -0.25) is 9.88 Å². The SMILES string of the molecule is Cc1ccc(N2CC[C@@H]3[C@@H]2CCN3Cc2cccnc2)nn1.O=C(O)C(F)(F)F.O=C(O)C(F)(F)F.O=C(O)C(F)(F)F. The van der Waals surface area contributed by atoms with Gasteiger partial charge in [-0.2, -0.15) is 44.6 Å². The van der Waals surface area contributed by atoms with Crippen molar-refractivity contribution in [3.63, 3.8) is 0 Å². The second-order valence-corrected chi connectivity index (χ2v) is 8.68. The lowest BCUT2D eigenvalue weighted by atomic mass is 10.1. The van der Waals surface area contributed by atoms with Crippen LogP contribution in [-0.4, -0.2) is 97.0 Å². The van der Waals surface area contributed by atoms with E-state index < -0.39 is 36.4 Å². The number of alkyl halides is 9. The Bertz CT molecular complexity index is 1140. The van der Waals surface area contributed by atoms with Gasteiger partial charge in [0.1, 0.15) is 0 Å². The first kappa shape index (κ1) is 36.8. The fourth-order valence-electron chi connectivity index (χ4n) is 3.83. The Morgan fingerprint density at radius 3 is 1.67 bits per heavy atom. The van der Waals surface area contributed by atoms with Crippen molar-refractivity contribution in [3.05, 3.63) is 47.9 Å². The van der Waals surface area contributed by atoms with E-state index in [2.05, 4.69) is 43.2 Å². The summed E-state index contributed by atoms with van der Waals surface area (Å²) >= 11 is 0. The molecule has 0 spiro atoms. The second kappa shape index (κ2) is 15.3. The van der Waals surface area contributed by atoms with Gasteiger partial charge in [-0.25, -0.2) is 14.4 Å². The summed E-state index contributed by atoms with van der Waals surface area (Å²) in [6.07, 6.45) is -9.02. The molecule has 2 fully saturated rings. The van der Waals surface area contributed by atoms with Crippen molar-refractivity contribution in [1.82, 2.24) is 20.1 Å². The first-order valence-electron chi connectivity index (χ1n) is 11.7. The largest absolute Gasteiger partial charge is 0.490 e. The monoisotopic (exact) mass is 637 g/mol. The van der Waals surface area contributed by atoms with Crippen molar-refractivity contribution in [2.24, 2.45) is 0 Å². The Labute approximate surface area is 236 Å².